The third-order valence-electron chi connectivity index (χ3n) is 2.31. The van der Waals surface area contributed by atoms with Crippen LogP contribution in [0.1, 0.15) is 0 Å². The lowest BCUT2D eigenvalue weighted by Gasteiger charge is -2.09. The van der Waals surface area contributed by atoms with Crippen LogP contribution in [0.3, 0.4) is 0 Å². The number of amides is 1. The molecule has 0 bridgehead atoms. The van der Waals surface area contributed by atoms with Gasteiger partial charge in [-0.15, -0.1) is 0 Å². The van der Waals surface area contributed by atoms with Crippen molar-refractivity contribution in [2.45, 2.75) is 0 Å². The Morgan fingerprint density at radius 3 is 2.26 bits per heavy atom. The van der Waals surface area contributed by atoms with Crippen molar-refractivity contribution in [3.8, 4) is 0 Å². The number of benzene rings is 1. The Balaban J connectivity index is 2.37. The van der Waals surface area contributed by atoms with E-state index in [4.69, 9.17) is 5.11 Å². The number of Topliss-reactive ketones (excluding diaryl/α,β-unsaturated/α-hetero) is 1. The second-order valence-corrected chi connectivity index (χ2v) is 3.47. The minimum Gasteiger partial charge on any atom is -0.476 e. The summed E-state index contributed by atoms with van der Waals surface area (Å²) in [5.41, 5.74) is -1.02. The molecule has 9 heteroatoms. The molecular formula is C10H5N3O6. The van der Waals surface area contributed by atoms with Crippen molar-refractivity contribution in [3.63, 3.8) is 0 Å². The first-order valence-electron chi connectivity index (χ1n) is 4.87. The SMILES string of the molecule is O=C(O)C1=NN(c2ccc([N+](=O)[O-])cc2)C(=O)C1=O. The molecule has 0 fully saturated rings. The maximum Gasteiger partial charge on any atom is 0.360 e. The zero-order chi connectivity index (χ0) is 14.2. The van der Waals surface area contributed by atoms with Gasteiger partial charge in [-0.05, 0) is 12.1 Å². The number of nitrogens with zero attached hydrogens (tertiary/aromatic N) is 3. The van der Waals surface area contributed by atoms with Crippen LogP contribution in [0, 0.1) is 10.1 Å². The number of carboxylic acids is 1. The van der Waals surface area contributed by atoms with Gasteiger partial charge in [-0.3, -0.25) is 19.7 Å². The number of carbonyl (C=O) groups excluding carboxylic acids is 2. The second kappa shape index (κ2) is 4.29. The van der Waals surface area contributed by atoms with Crippen LogP contribution in [0.5, 0.6) is 0 Å². The van der Waals surface area contributed by atoms with Crippen LogP contribution in [0.4, 0.5) is 11.4 Å². The maximum atomic E-state index is 11.5. The predicted octanol–water partition coefficient (Wildman–Crippen LogP) is -0.0489. The third kappa shape index (κ3) is 2.04. The Labute approximate surface area is 104 Å². The highest BCUT2D eigenvalue weighted by Gasteiger charge is 2.38. The van der Waals surface area contributed by atoms with E-state index in [1.54, 1.807) is 0 Å². The highest BCUT2D eigenvalue weighted by atomic mass is 16.6. The summed E-state index contributed by atoms with van der Waals surface area (Å²) in [5.74, 6) is -3.96. The maximum absolute atomic E-state index is 11.5. The van der Waals surface area contributed by atoms with Crippen molar-refractivity contribution in [2.24, 2.45) is 5.10 Å². The molecule has 1 N–H and O–H groups in total. The average Bonchev–Trinajstić information content (AvgIpc) is 2.67. The summed E-state index contributed by atoms with van der Waals surface area (Å²) >= 11 is 0. The lowest BCUT2D eigenvalue weighted by molar-refractivity contribution is -0.384. The molecule has 0 saturated heterocycles. The molecule has 0 atom stereocenters. The Morgan fingerprint density at radius 2 is 1.84 bits per heavy atom. The van der Waals surface area contributed by atoms with E-state index in [1.807, 2.05) is 0 Å². The van der Waals surface area contributed by atoms with Crippen molar-refractivity contribution in [1.82, 2.24) is 0 Å². The van der Waals surface area contributed by atoms with E-state index in [1.165, 1.54) is 12.1 Å². The van der Waals surface area contributed by atoms with Gasteiger partial charge in [-0.2, -0.15) is 10.1 Å². The Hall–Kier alpha value is -3.10. The molecule has 0 aromatic heterocycles. The molecule has 96 valence electrons. The summed E-state index contributed by atoms with van der Waals surface area (Å²) in [6.07, 6.45) is 0. The molecule has 1 aromatic rings. The van der Waals surface area contributed by atoms with Gasteiger partial charge in [0.1, 0.15) is 0 Å². The lowest BCUT2D eigenvalue weighted by Crippen LogP contribution is -2.29. The average molecular weight is 263 g/mol. The monoisotopic (exact) mass is 263 g/mol. The van der Waals surface area contributed by atoms with Crippen LogP contribution in [-0.2, 0) is 14.4 Å². The van der Waals surface area contributed by atoms with Crippen molar-refractivity contribution in [1.29, 1.82) is 0 Å². The van der Waals surface area contributed by atoms with E-state index < -0.39 is 28.3 Å². The van der Waals surface area contributed by atoms with Crippen molar-refractivity contribution in [2.75, 3.05) is 5.01 Å². The smallest absolute Gasteiger partial charge is 0.360 e. The van der Waals surface area contributed by atoms with Gasteiger partial charge in [0.25, 0.3) is 11.5 Å². The number of hydrogen-bond donors (Lipinski definition) is 1. The molecule has 9 nitrogen and oxygen atoms in total. The first-order valence-corrected chi connectivity index (χ1v) is 4.87. The molecule has 0 radical (unpaired) electrons. The Bertz CT molecular complexity index is 633. The number of hydrazone groups is 1. The summed E-state index contributed by atoms with van der Waals surface area (Å²) < 4.78 is 0. The number of carboxylic acid groups (broad SMARTS) is 1. The highest BCUT2D eigenvalue weighted by molar-refractivity contribution is 6.81. The second-order valence-electron chi connectivity index (χ2n) is 3.47. The summed E-state index contributed by atoms with van der Waals surface area (Å²) in [6.45, 7) is 0. The number of carbonyl (C=O) groups is 3. The van der Waals surface area contributed by atoms with Crippen molar-refractivity contribution in [3.05, 3.63) is 34.4 Å². The molecule has 0 saturated carbocycles. The first-order chi connectivity index (χ1) is 8.91. The third-order valence-corrected chi connectivity index (χ3v) is 2.31. The van der Waals surface area contributed by atoms with Gasteiger partial charge in [0.05, 0.1) is 10.6 Å². The molecule has 0 unspecified atom stereocenters. The molecular weight excluding hydrogens is 258 g/mol. The van der Waals surface area contributed by atoms with Gasteiger partial charge in [0.15, 0.2) is 0 Å². The van der Waals surface area contributed by atoms with Crippen LogP contribution in [0.15, 0.2) is 29.4 Å². The zero-order valence-electron chi connectivity index (χ0n) is 9.14. The van der Waals surface area contributed by atoms with E-state index in [2.05, 4.69) is 5.10 Å². The largest absolute Gasteiger partial charge is 0.476 e. The summed E-state index contributed by atoms with van der Waals surface area (Å²) in [6, 6.07) is 4.61. The standard InChI is InChI=1S/C10H5N3O6/c14-8-7(10(16)17)11-12(9(8)15)5-1-3-6(4-2-5)13(18)19/h1-4H,(H,16,17). The highest BCUT2D eigenvalue weighted by Crippen LogP contribution is 2.22. The Morgan fingerprint density at radius 1 is 1.26 bits per heavy atom. The van der Waals surface area contributed by atoms with Gasteiger partial charge < -0.3 is 5.11 Å². The number of aliphatic carboxylic acids is 1. The molecule has 19 heavy (non-hydrogen) atoms. The molecule has 1 aromatic carbocycles. The van der Waals surface area contributed by atoms with E-state index in [0.717, 1.165) is 12.1 Å². The topological polar surface area (TPSA) is 130 Å². The Kier molecular flexibility index (Phi) is 2.79. The summed E-state index contributed by atoms with van der Waals surface area (Å²) in [7, 11) is 0. The van der Waals surface area contributed by atoms with Gasteiger partial charge in [0.2, 0.25) is 5.71 Å². The van der Waals surface area contributed by atoms with Crippen molar-refractivity contribution >= 4 is 34.7 Å². The number of ketones is 1. The molecule has 1 aliphatic heterocycles. The number of anilines is 1. The van der Waals surface area contributed by atoms with Crippen LogP contribution < -0.4 is 5.01 Å². The quantitative estimate of drug-likeness (QED) is 0.462. The molecule has 1 heterocycles. The number of nitro groups is 1. The number of rotatable bonds is 3. The van der Waals surface area contributed by atoms with Gasteiger partial charge in [0, 0.05) is 12.1 Å². The van der Waals surface area contributed by atoms with E-state index in [0.29, 0.717) is 5.01 Å². The van der Waals surface area contributed by atoms with Crippen LogP contribution >= 0.6 is 0 Å². The van der Waals surface area contributed by atoms with Crippen LogP contribution in [0.25, 0.3) is 0 Å². The molecule has 2 rings (SSSR count). The molecule has 0 aliphatic carbocycles. The zero-order valence-corrected chi connectivity index (χ0v) is 9.14. The molecule has 1 amide bonds. The lowest BCUT2D eigenvalue weighted by atomic mass is 10.2. The minimum atomic E-state index is -1.61. The van der Waals surface area contributed by atoms with E-state index in [9.17, 15) is 24.5 Å². The van der Waals surface area contributed by atoms with E-state index in [-0.39, 0.29) is 11.4 Å². The van der Waals surface area contributed by atoms with Gasteiger partial charge in [-0.25, -0.2) is 4.79 Å². The summed E-state index contributed by atoms with van der Waals surface area (Å²) in [5, 5.41) is 23.1. The number of nitro benzene ring substituents is 1. The normalized spacial score (nSPS) is 14.5. The predicted molar refractivity (Wildman–Crippen MR) is 60.7 cm³/mol. The van der Waals surface area contributed by atoms with Crippen LogP contribution in [-0.4, -0.2) is 33.4 Å². The fourth-order valence-electron chi connectivity index (χ4n) is 1.42. The first kappa shape index (κ1) is 12.4. The van der Waals surface area contributed by atoms with Crippen LogP contribution in [0.2, 0.25) is 0 Å². The van der Waals surface area contributed by atoms with Gasteiger partial charge in [-0.1, -0.05) is 0 Å². The van der Waals surface area contributed by atoms with Gasteiger partial charge >= 0.3 is 11.9 Å². The molecule has 0 spiro atoms. The summed E-state index contributed by atoms with van der Waals surface area (Å²) in [4.78, 5) is 43.3. The fourth-order valence-corrected chi connectivity index (χ4v) is 1.42. The minimum absolute atomic E-state index is 0.0696. The fraction of sp³-hybridized carbons (Fsp3) is 0. The van der Waals surface area contributed by atoms with E-state index >= 15 is 0 Å². The number of non-ortho nitro benzene ring substituents is 1. The molecule has 1 aliphatic rings. The van der Waals surface area contributed by atoms with Crippen molar-refractivity contribution < 1.29 is 24.4 Å². The number of hydrogen-bond acceptors (Lipinski definition) is 6.